The Morgan fingerprint density at radius 1 is 1.43 bits per heavy atom. The molecule has 0 amide bonds. The lowest BCUT2D eigenvalue weighted by Crippen LogP contribution is -2.57. The van der Waals surface area contributed by atoms with E-state index in [4.69, 9.17) is 4.74 Å². The third-order valence-corrected chi connectivity index (χ3v) is 4.49. The molecule has 0 fully saturated rings. The summed E-state index contributed by atoms with van der Waals surface area (Å²) in [5, 5.41) is 3.49. The summed E-state index contributed by atoms with van der Waals surface area (Å²) in [5.74, 6) is 0.391. The van der Waals surface area contributed by atoms with Gasteiger partial charge in [0.05, 0.1) is 6.61 Å². The first-order valence-corrected chi connectivity index (χ1v) is 8.45. The Hall–Kier alpha value is -0.870. The quantitative estimate of drug-likeness (QED) is 0.823. The molecule has 1 unspecified atom stereocenters. The van der Waals surface area contributed by atoms with Gasteiger partial charge in [-0.3, -0.25) is 4.79 Å². The van der Waals surface area contributed by atoms with Gasteiger partial charge >= 0.3 is 5.97 Å². The van der Waals surface area contributed by atoms with E-state index in [1.54, 1.807) is 0 Å². The van der Waals surface area contributed by atoms with Gasteiger partial charge in [-0.2, -0.15) is 0 Å². The molecule has 1 aromatic rings. The van der Waals surface area contributed by atoms with Crippen LogP contribution in [0.15, 0.2) is 22.7 Å². The number of rotatable bonds is 5. The molecule has 0 saturated carbocycles. The highest BCUT2D eigenvalue weighted by Gasteiger charge is 2.42. The van der Waals surface area contributed by atoms with Crippen molar-refractivity contribution in [3.63, 3.8) is 0 Å². The Morgan fingerprint density at radius 3 is 2.86 bits per heavy atom. The van der Waals surface area contributed by atoms with Crippen molar-refractivity contribution in [3.8, 4) is 0 Å². The van der Waals surface area contributed by atoms with E-state index in [0.717, 1.165) is 23.9 Å². The molecule has 0 radical (unpaired) electrons. The molecule has 3 nitrogen and oxygen atoms in total. The van der Waals surface area contributed by atoms with Gasteiger partial charge in [0.2, 0.25) is 0 Å². The summed E-state index contributed by atoms with van der Waals surface area (Å²) >= 11 is 3.52. The van der Waals surface area contributed by atoms with Crippen molar-refractivity contribution in [1.29, 1.82) is 0 Å². The zero-order valence-corrected chi connectivity index (χ0v) is 14.6. The molecule has 1 aliphatic rings. The highest BCUT2D eigenvalue weighted by molar-refractivity contribution is 9.10. The van der Waals surface area contributed by atoms with Crippen molar-refractivity contribution in [2.45, 2.75) is 45.6 Å². The number of fused-ring (bicyclic) bond motifs is 1. The molecule has 0 heterocycles. The first-order chi connectivity index (χ1) is 9.97. The van der Waals surface area contributed by atoms with Gasteiger partial charge in [0.15, 0.2) is 0 Å². The number of ether oxygens (including phenoxy) is 1. The van der Waals surface area contributed by atoms with Crippen LogP contribution in [0.2, 0.25) is 0 Å². The number of benzene rings is 1. The molecule has 1 atom stereocenters. The van der Waals surface area contributed by atoms with Crippen molar-refractivity contribution >= 4 is 21.9 Å². The van der Waals surface area contributed by atoms with Gasteiger partial charge in [0.1, 0.15) is 5.54 Å². The second-order valence-electron chi connectivity index (χ2n) is 6.17. The summed E-state index contributed by atoms with van der Waals surface area (Å²) in [7, 11) is 0. The Bertz CT molecular complexity index is 516. The average molecular weight is 354 g/mol. The van der Waals surface area contributed by atoms with E-state index in [9.17, 15) is 4.79 Å². The van der Waals surface area contributed by atoms with Gasteiger partial charge in [0, 0.05) is 10.9 Å². The highest BCUT2D eigenvalue weighted by Crippen LogP contribution is 2.31. The predicted octanol–water partition coefficient (Wildman–Crippen LogP) is 3.49. The van der Waals surface area contributed by atoms with E-state index < -0.39 is 5.54 Å². The maximum Gasteiger partial charge on any atom is 0.326 e. The van der Waals surface area contributed by atoms with Crippen LogP contribution in [0.5, 0.6) is 0 Å². The number of carbonyl (C=O) groups excluding carboxylic acids is 1. The minimum Gasteiger partial charge on any atom is -0.465 e. The lowest BCUT2D eigenvalue weighted by atomic mass is 9.77. The summed E-state index contributed by atoms with van der Waals surface area (Å²) in [6, 6.07) is 6.32. The Labute approximate surface area is 135 Å². The monoisotopic (exact) mass is 353 g/mol. The van der Waals surface area contributed by atoms with Gasteiger partial charge in [-0.05, 0) is 55.5 Å². The number of esters is 1. The normalized spacial score (nSPS) is 21.2. The molecule has 21 heavy (non-hydrogen) atoms. The Morgan fingerprint density at radius 2 is 2.19 bits per heavy atom. The molecular formula is C17H24BrNO2. The Balaban J connectivity index is 2.25. The maximum absolute atomic E-state index is 12.5. The number of hydrogen-bond donors (Lipinski definition) is 1. The van der Waals surface area contributed by atoms with Crippen LogP contribution in [0.4, 0.5) is 0 Å². The van der Waals surface area contributed by atoms with E-state index in [-0.39, 0.29) is 5.97 Å². The highest BCUT2D eigenvalue weighted by atomic mass is 79.9. The van der Waals surface area contributed by atoms with Crippen LogP contribution in [0.1, 0.15) is 38.3 Å². The van der Waals surface area contributed by atoms with Crippen LogP contribution >= 0.6 is 15.9 Å². The zero-order valence-electron chi connectivity index (χ0n) is 13.0. The van der Waals surface area contributed by atoms with Gasteiger partial charge in [0.25, 0.3) is 0 Å². The fourth-order valence-corrected chi connectivity index (χ4v) is 3.24. The van der Waals surface area contributed by atoms with Crippen molar-refractivity contribution in [2.24, 2.45) is 5.92 Å². The second-order valence-corrected chi connectivity index (χ2v) is 7.08. The van der Waals surface area contributed by atoms with Crippen molar-refractivity contribution in [1.82, 2.24) is 5.32 Å². The van der Waals surface area contributed by atoms with Gasteiger partial charge in [-0.1, -0.05) is 35.8 Å². The van der Waals surface area contributed by atoms with Crippen molar-refractivity contribution < 1.29 is 9.53 Å². The molecule has 0 spiro atoms. The standard InChI is InChI=1S/C17H24BrNO2/c1-4-21-16(20)17(19-11-12(2)3)8-7-13-9-15(18)6-5-14(13)10-17/h5-6,9,12,19H,4,7-8,10-11H2,1-3H3. The first kappa shape index (κ1) is 16.5. The van der Waals surface area contributed by atoms with E-state index >= 15 is 0 Å². The third kappa shape index (κ3) is 3.86. The SMILES string of the molecule is CCOC(=O)C1(NCC(C)C)CCc2cc(Br)ccc2C1. The lowest BCUT2D eigenvalue weighted by molar-refractivity contribution is -0.152. The maximum atomic E-state index is 12.5. The molecule has 4 heteroatoms. The minimum atomic E-state index is -0.568. The third-order valence-electron chi connectivity index (χ3n) is 4.00. The van der Waals surface area contributed by atoms with E-state index in [1.165, 1.54) is 11.1 Å². The number of nitrogens with one attached hydrogen (secondary N) is 1. The van der Waals surface area contributed by atoms with Crippen LogP contribution in [0, 0.1) is 5.92 Å². The van der Waals surface area contributed by atoms with Crippen molar-refractivity contribution in [2.75, 3.05) is 13.2 Å². The molecule has 0 aromatic heterocycles. The molecule has 1 aromatic carbocycles. The first-order valence-electron chi connectivity index (χ1n) is 7.66. The fraction of sp³-hybridized carbons (Fsp3) is 0.588. The number of hydrogen-bond acceptors (Lipinski definition) is 3. The number of halogens is 1. The number of carbonyl (C=O) groups is 1. The van der Waals surface area contributed by atoms with E-state index in [2.05, 4.69) is 47.2 Å². The van der Waals surface area contributed by atoms with Crippen LogP contribution in [-0.4, -0.2) is 24.7 Å². The lowest BCUT2D eigenvalue weighted by Gasteiger charge is -2.37. The molecule has 116 valence electrons. The zero-order chi connectivity index (χ0) is 15.5. The molecule has 1 aliphatic carbocycles. The minimum absolute atomic E-state index is 0.112. The topological polar surface area (TPSA) is 38.3 Å². The van der Waals surface area contributed by atoms with Crippen molar-refractivity contribution in [3.05, 3.63) is 33.8 Å². The molecule has 1 N–H and O–H groups in total. The van der Waals surface area contributed by atoms with Crippen LogP contribution in [0.25, 0.3) is 0 Å². The summed E-state index contributed by atoms with van der Waals surface area (Å²) in [4.78, 5) is 12.5. The van der Waals surface area contributed by atoms with Crippen LogP contribution in [-0.2, 0) is 22.4 Å². The summed E-state index contributed by atoms with van der Waals surface area (Å²) in [6.07, 6.45) is 2.40. The van der Waals surface area contributed by atoms with E-state index in [1.807, 2.05) is 13.0 Å². The van der Waals surface area contributed by atoms with E-state index in [0.29, 0.717) is 18.9 Å². The largest absolute Gasteiger partial charge is 0.465 e. The van der Waals surface area contributed by atoms with Crippen LogP contribution in [0.3, 0.4) is 0 Å². The summed E-state index contributed by atoms with van der Waals surface area (Å²) in [6.45, 7) is 7.42. The summed E-state index contributed by atoms with van der Waals surface area (Å²) in [5.41, 5.74) is 2.01. The predicted molar refractivity (Wildman–Crippen MR) is 88.4 cm³/mol. The summed E-state index contributed by atoms with van der Waals surface area (Å²) < 4.78 is 6.44. The molecule has 0 aliphatic heterocycles. The molecule has 0 bridgehead atoms. The average Bonchev–Trinajstić information content (AvgIpc) is 2.45. The molecule has 2 rings (SSSR count). The van der Waals surface area contributed by atoms with Gasteiger partial charge in [-0.25, -0.2) is 0 Å². The second kappa shape index (κ2) is 6.93. The molecule has 0 saturated heterocycles. The smallest absolute Gasteiger partial charge is 0.326 e. The van der Waals surface area contributed by atoms with Crippen LogP contribution < -0.4 is 5.32 Å². The van der Waals surface area contributed by atoms with Gasteiger partial charge < -0.3 is 10.1 Å². The number of aryl methyl sites for hydroxylation is 1. The Kier molecular flexibility index (Phi) is 5.44. The molecular weight excluding hydrogens is 330 g/mol. The van der Waals surface area contributed by atoms with Gasteiger partial charge in [-0.15, -0.1) is 0 Å². The fourth-order valence-electron chi connectivity index (χ4n) is 2.83.